The van der Waals surface area contributed by atoms with E-state index in [2.05, 4.69) is 21.2 Å². The molecule has 1 aromatic carbocycles. The predicted octanol–water partition coefficient (Wildman–Crippen LogP) is 3.21. The van der Waals surface area contributed by atoms with E-state index in [1.165, 1.54) is 6.07 Å². The molecule has 0 aromatic heterocycles. The van der Waals surface area contributed by atoms with Crippen molar-refractivity contribution < 1.29 is 13.2 Å². The van der Waals surface area contributed by atoms with E-state index < -0.39 is 9.05 Å². The number of amides is 1. The van der Waals surface area contributed by atoms with E-state index in [0.717, 1.165) is 6.42 Å². The molecule has 0 aliphatic carbocycles. The van der Waals surface area contributed by atoms with Gasteiger partial charge in [-0.25, -0.2) is 8.42 Å². The Kier molecular flexibility index (Phi) is 5.41. The minimum absolute atomic E-state index is 0.0173. The number of halogens is 2. The van der Waals surface area contributed by atoms with E-state index in [1.54, 1.807) is 13.0 Å². The van der Waals surface area contributed by atoms with Crippen molar-refractivity contribution in [1.29, 1.82) is 0 Å². The van der Waals surface area contributed by atoms with Crippen LogP contribution in [-0.2, 0) is 9.05 Å². The number of rotatable bonds is 4. The molecular weight excluding hydrogens is 354 g/mol. The molecule has 0 bridgehead atoms. The van der Waals surface area contributed by atoms with Crippen LogP contribution in [0.15, 0.2) is 21.5 Å². The van der Waals surface area contributed by atoms with Gasteiger partial charge in [0.25, 0.3) is 15.0 Å². The highest BCUT2D eigenvalue weighted by atomic mass is 79.9. The van der Waals surface area contributed by atoms with Crippen molar-refractivity contribution in [3.8, 4) is 0 Å². The minimum Gasteiger partial charge on any atom is -0.350 e. The Morgan fingerprint density at radius 2 is 2.05 bits per heavy atom. The Morgan fingerprint density at radius 1 is 1.47 bits per heavy atom. The van der Waals surface area contributed by atoms with Gasteiger partial charge in [-0.3, -0.25) is 4.79 Å². The third-order valence-corrected chi connectivity index (χ3v) is 5.08. The van der Waals surface area contributed by atoms with E-state index in [1.807, 2.05) is 13.8 Å². The summed E-state index contributed by atoms with van der Waals surface area (Å²) in [5, 5.41) is 2.77. The van der Waals surface area contributed by atoms with Crippen molar-refractivity contribution in [1.82, 2.24) is 5.32 Å². The van der Waals surface area contributed by atoms with Crippen LogP contribution in [0.2, 0.25) is 0 Å². The quantitative estimate of drug-likeness (QED) is 0.830. The van der Waals surface area contributed by atoms with E-state index in [-0.39, 0.29) is 22.4 Å². The van der Waals surface area contributed by atoms with Gasteiger partial charge in [-0.1, -0.05) is 22.9 Å². The molecule has 0 aliphatic rings. The fourth-order valence-electron chi connectivity index (χ4n) is 1.45. The Morgan fingerprint density at radius 3 is 2.53 bits per heavy atom. The van der Waals surface area contributed by atoms with Crippen molar-refractivity contribution in [2.24, 2.45) is 0 Å². The fraction of sp³-hybridized carbons (Fsp3) is 0.417. The molecule has 106 valence electrons. The van der Waals surface area contributed by atoms with Crippen LogP contribution in [0.3, 0.4) is 0 Å². The summed E-state index contributed by atoms with van der Waals surface area (Å²) in [6, 6.07) is 2.89. The second kappa shape index (κ2) is 6.24. The van der Waals surface area contributed by atoms with Crippen LogP contribution in [0.5, 0.6) is 0 Å². The maximum absolute atomic E-state index is 12.0. The van der Waals surface area contributed by atoms with Crippen molar-refractivity contribution in [2.45, 2.75) is 38.1 Å². The fourth-order valence-corrected chi connectivity index (χ4v) is 3.26. The van der Waals surface area contributed by atoms with Gasteiger partial charge in [0.05, 0.1) is 4.90 Å². The zero-order chi connectivity index (χ0) is 14.8. The second-order valence-corrected chi connectivity index (χ2v) is 7.69. The summed E-state index contributed by atoms with van der Waals surface area (Å²) < 4.78 is 23.5. The lowest BCUT2D eigenvalue weighted by molar-refractivity contribution is 0.0939. The van der Waals surface area contributed by atoms with E-state index in [0.29, 0.717) is 10.0 Å². The van der Waals surface area contributed by atoms with Crippen LogP contribution < -0.4 is 5.32 Å². The van der Waals surface area contributed by atoms with Crippen LogP contribution in [0.4, 0.5) is 0 Å². The SMILES string of the molecule is CCC(C)NC(=O)c1cc(Br)c(C)c(S(=O)(=O)Cl)c1. The first-order valence-corrected chi connectivity index (χ1v) is 8.82. The highest BCUT2D eigenvalue weighted by molar-refractivity contribution is 9.10. The van der Waals surface area contributed by atoms with Gasteiger partial charge in [-0.05, 0) is 38.0 Å². The van der Waals surface area contributed by atoms with Crippen LogP contribution in [0, 0.1) is 6.92 Å². The summed E-state index contributed by atoms with van der Waals surface area (Å²) in [6.07, 6.45) is 0.791. The van der Waals surface area contributed by atoms with Gasteiger partial charge in [0.2, 0.25) is 0 Å². The molecule has 0 heterocycles. The van der Waals surface area contributed by atoms with E-state index >= 15 is 0 Å². The first-order chi connectivity index (χ1) is 8.66. The first kappa shape index (κ1) is 16.5. The number of carbonyl (C=O) groups excluding carboxylic acids is 1. The van der Waals surface area contributed by atoms with Crippen molar-refractivity contribution in [3.63, 3.8) is 0 Å². The topological polar surface area (TPSA) is 63.2 Å². The average molecular weight is 369 g/mol. The summed E-state index contributed by atoms with van der Waals surface area (Å²) in [5.41, 5.74) is 0.743. The molecule has 7 heteroatoms. The molecule has 1 atom stereocenters. The Balaban J connectivity index is 3.25. The summed E-state index contributed by atoms with van der Waals surface area (Å²) in [6.45, 7) is 5.45. The van der Waals surface area contributed by atoms with E-state index in [4.69, 9.17) is 10.7 Å². The molecular formula is C12H15BrClNO3S. The lowest BCUT2D eigenvalue weighted by Crippen LogP contribution is -2.32. The smallest absolute Gasteiger partial charge is 0.261 e. The number of benzene rings is 1. The molecule has 0 aliphatic heterocycles. The number of hydrogen-bond acceptors (Lipinski definition) is 3. The normalized spacial score (nSPS) is 13.1. The molecule has 0 saturated carbocycles. The predicted molar refractivity (Wildman–Crippen MR) is 79.1 cm³/mol. The highest BCUT2D eigenvalue weighted by Gasteiger charge is 2.19. The van der Waals surface area contributed by atoms with Gasteiger partial charge in [-0.2, -0.15) is 0 Å². The Bertz CT molecular complexity index is 601. The maximum Gasteiger partial charge on any atom is 0.261 e. The van der Waals surface area contributed by atoms with Gasteiger partial charge in [0.15, 0.2) is 0 Å². The molecule has 0 fully saturated rings. The third kappa shape index (κ3) is 4.19. The van der Waals surface area contributed by atoms with Gasteiger partial charge in [0.1, 0.15) is 0 Å². The number of nitrogens with one attached hydrogen (secondary N) is 1. The largest absolute Gasteiger partial charge is 0.350 e. The molecule has 19 heavy (non-hydrogen) atoms. The lowest BCUT2D eigenvalue weighted by atomic mass is 10.1. The summed E-state index contributed by atoms with van der Waals surface area (Å²) in [7, 11) is 1.48. The van der Waals surface area contributed by atoms with Crippen molar-refractivity contribution in [3.05, 3.63) is 27.7 Å². The molecule has 1 rings (SSSR count). The van der Waals surface area contributed by atoms with Crippen LogP contribution >= 0.6 is 26.6 Å². The molecule has 1 amide bonds. The second-order valence-electron chi connectivity index (χ2n) is 4.30. The summed E-state index contributed by atoms with van der Waals surface area (Å²) in [5.74, 6) is -0.323. The summed E-state index contributed by atoms with van der Waals surface area (Å²) >= 11 is 3.24. The molecule has 1 N–H and O–H groups in total. The first-order valence-electron chi connectivity index (χ1n) is 5.72. The maximum atomic E-state index is 12.0. The zero-order valence-corrected chi connectivity index (χ0v) is 14.0. The standard InChI is InChI=1S/C12H15BrClNO3S/c1-4-7(2)15-12(16)9-5-10(13)8(3)11(6-9)19(14,17)18/h5-7H,4H2,1-3H3,(H,15,16). The molecule has 0 saturated heterocycles. The van der Waals surface area contributed by atoms with Crippen molar-refractivity contribution in [2.75, 3.05) is 0 Å². The van der Waals surface area contributed by atoms with Crippen LogP contribution in [0.1, 0.15) is 36.2 Å². The van der Waals surface area contributed by atoms with Crippen molar-refractivity contribution >= 4 is 41.6 Å². The van der Waals surface area contributed by atoms with Crippen LogP contribution in [-0.4, -0.2) is 20.4 Å². The number of hydrogen-bond donors (Lipinski definition) is 1. The zero-order valence-electron chi connectivity index (χ0n) is 10.8. The average Bonchev–Trinajstić information content (AvgIpc) is 2.30. The molecule has 1 unspecified atom stereocenters. The summed E-state index contributed by atoms with van der Waals surface area (Å²) in [4.78, 5) is 11.9. The van der Waals surface area contributed by atoms with Gasteiger partial charge in [-0.15, -0.1) is 0 Å². The molecule has 1 aromatic rings. The van der Waals surface area contributed by atoms with Gasteiger partial charge < -0.3 is 5.32 Å². The van der Waals surface area contributed by atoms with E-state index in [9.17, 15) is 13.2 Å². The third-order valence-electron chi connectivity index (χ3n) is 2.81. The minimum atomic E-state index is -3.88. The Labute approximate surface area is 126 Å². The van der Waals surface area contributed by atoms with Gasteiger partial charge in [0, 0.05) is 26.8 Å². The van der Waals surface area contributed by atoms with Crippen LogP contribution in [0.25, 0.3) is 0 Å². The Hall–Kier alpha value is -0.590. The number of carbonyl (C=O) groups is 1. The highest BCUT2D eigenvalue weighted by Crippen LogP contribution is 2.28. The van der Waals surface area contributed by atoms with Gasteiger partial charge >= 0.3 is 0 Å². The molecule has 4 nitrogen and oxygen atoms in total. The lowest BCUT2D eigenvalue weighted by Gasteiger charge is -2.13. The monoisotopic (exact) mass is 367 g/mol. The molecule has 0 radical (unpaired) electrons. The molecule has 0 spiro atoms.